The maximum Gasteiger partial charge on any atom is 0.472 e. The molecule has 0 aromatic carbocycles. The Kier molecular flexibility index (Phi) is 37.1. The number of carbonyl (C=O) groups excluding carboxylic acids is 2. The third kappa shape index (κ3) is 39.2. The predicted molar refractivity (Wildman–Crippen MR) is 231 cm³/mol. The molecule has 0 aromatic rings. The van der Waals surface area contributed by atoms with Gasteiger partial charge in [-0.2, -0.15) is 0 Å². The summed E-state index contributed by atoms with van der Waals surface area (Å²) in [5.74, 6) is -1.07. The first-order valence-electron chi connectivity index (χ1n) is 20.6. The Morgan fingerprint density at radius 1 is 0.649 bits per heavy atom. The molecule has 0 fully saturated rings. The van der Waals surface area contributed by atoms with Gasteiger partial charge in [-0.05, 0) is 77.0 Å². The third-order valence-corrected chi connectivity index (χ3v) is 8.80. The molecule has 0 saturated heterocycles. The van der Waals surface area contributed by atoms with Crippen LogP contribution in [-0.4, -0.2) is 71.7 Å². The molecular weight excluding hydrogens is 745 g/mol. The molecule has 5 N–H and O–H groups in total. The van der Waals surface area contributed by atoms with E-state index in [1.807, 2.05) is 42.5 Å². The van der Waals surface area contributed by atoms with Crippen molar-refractivity contribution >= 4 is 19.8 Å². The third-order valence-electron chi connectivity index (χ3n) is 7.82. The molecule has 0 saturated carbocycles. The molecule has 57 heavy (non-hydrogen) atoms. The van der Waals surface area contributed by atoms with Crippen LogP contribution >= 0.6 is 7.82 Å². The van der Waals surface area contributed by atoms with E-state index < -0.39 is 44.7 Å². The van der Waals surface area contributed by atoms with Gasteiger partial charge in [0, 0.05) is 19.4 Å². The van der Waals surface area contributed by atoms with Gasteiger partial charge >= 0.3 is 19.8 Å². The van der Waals surface area contributed by atoms with E-state index in [9.17, 15) is 29.3 Å². The van der Waals surface area contributed by atoms with Crippen molar-refractivity contribution in [3.05, 3.63) is 109 Å². The van der Waals surface area contributed by atoms with Crippen LogP contribution < -0.4 is 5.73 Å². The fraction of sp³-hybridized carbons (Fsp3) is 0.556. The number of hydrogen-bond donors (Lipinski definition) is 4. The molecule has 0 aromatic heterocycles. The fourth-order valence-electron chi connectivity index (χ4n) is 4.73. The summed E-state index contributed by atoms with van der Waals surface area (Å²) >= 11 is 0. The van der Waals surface area contributed by atoms with Crippen molar-refractivity contribution in [2.24, 2.45) is 5.73 Å². The molecule has 0 radical (unpaired) electrons. The predicted octanol–water partition coefficient (Wildman–Crippen LogP) is 9.54. The largest absolute Gasteiger partial charge is 0.472 e. The number of ether oxygens (including phenoxy) is 2. The quantitative estimate of drug-likeness (QED) is 0.0156. The maximum absolute atomic E-state index is 12.6. The van der Waals surface area contributed by atoms with E-state index >= 15 is 0 Å². The maximum atomic E-state index is 12.6. The van der Waals surface area contributed by atoms with E-state index in [0.29, 0.717) is 32.1 Å². The number of aliphatic hydroxyl groups is 2. The molecule has 1 unspecified atom stereocenters. The minimum absolute atomic E-state index is 0.00830. The molecule has 4 atom stereocenters. The van der Waals surface area contributed by atoms with Gasteiger partial charge in [0.15, 0.2) is 6.10 Å². The van der Waals surface area contributed by atoms with E-state index in [1.54, 1.807) is 30.4 Å². The van der Waals surface area contributed by atoms with Crippen LogP contribution in [0.5, 0.6) is 0 Å². The molecule has 0 aliphatic rings. The normalized spacial score (nSPS) is 15.5. The van der Waals surface area contributed by atoms with Gasteiger partial charge in [0.1, 0.15) is 6.61 Å². The summed E-state index contributed by atoms with van der Waals surface area (Å²) in [6, 6.07) is 0. The highest BCUT2D eigenvalue weighted by atomic mass is 31.2. The Morgan fingerprint density at radius 2 is 1.26 bits per heavy atom. The van der Waals surface area contributed by atoms with Crippen molar-refractivity contribution in [1.29, 1.82) is 0 Å². The van der Waals surface area contributed by atoms with Crippen LogP contribution in [0, 0.1) is 0 Å². The van der Waals surface area contributed by atoms with Gasteiger partial charge in [0.2, 0.25) is 0 Å². The Labute approximate surface area is 343 Å². The van der Waals surface area contributed by atoms with E-state index in [-0.39, 0.29) is 32.6 Å². The number of unbranched alkanes of at least 4 members (excludes halogenated alkanes) is 6. The SMILES string of the molecule is CC/C=C\C[C@H](O)/C=C/C=C\C/C=C\C=C\[C@H](O)/C=C\CCCC(=O)O[C@H](COC(=O)CCCC/C=C\C/C=C\C/C=C\CCCCC)COP(=O)(O)OCCN. The first-order chi connectivity index (χ1) is 27.6. The van der Waals surface area contributed by atoms with Gasteiger partial charge < -0.3 is 30.3 Å². The average Bonchev–Trinajstić information content (AvgIpc) is 3.18. The lowest BCUT2D eigenvalue weighted by Gasteiger charge is -2.19. The van der Waals surface area contributed by atoms with Gasteiger partial charge in [-0.1, -0.05) is 136 Å². The van der Waals surface area contributed by atoms with Crippen LogP contribution in [-0.2, 0) is 32.7 Å². The molecule has 11 nitrogen and oxygen atoms in total. The zero-order valence-electron chi connectivity index (χ0n) is 34.5. The lowest BCUT2D eigenvalue weighted by atomic mass is 10.1. The van der Waals surface area contributed by atoms with E-state index in [1.165, 1.54) is 19.3 Å². The van der Waals surface area contributed by atoms with Gasteiger partial charge in [0.25, 0.3) is 0 Å². The minimum atomic E-state index is -4.45. The van der Waals surface area contributed by atoms with Gasteiger partial charge in [-0.3, -0.25) is 18.6 Å². The summed E-state index contributed by atoms with van der Waals surface area (Å²) in [7, 11) is -4.45. The zero-order valence-corrected chi connectivity index (χ0v) is 35.4. The first kappa shape index (κ1) is 53.6. The van der Waals surface area contributed by atoms with E-state index in [0.717, 1.165) is 38.5 Å². The lowest BCUT2D eigenvalue weighted by Crippen LogP contribution is -2.29. The number of carbonyl (C=O) groups is 2. The minimum Gasteiger partial charge on any atom is -0.462 e. The number of nitrogens with two attached hydrogens (primary N) is 1. The molecule has 0 aliphatic carbocycles. The molecule has 0 heterocycles. The van der Waals surface area contributed by atoms with Crippen LogP contribution in [0.3, 0.4) is 0 Å². The summed E-state index contributed by atoms with van der Waals surface area (Å²) in [6.45, 7) is 3.20. The second kappa shape index (κ2) is 39.4. The number of hydrogen-bond acceptors (Lipinski definition) is 10. The summed E-state index contributed by atoms with van der Waals surface area (Å²) in [6.07, 6.45) is 44.8. The van der Waals surface area contributed by atoms with Crippen LogP contribution in [0.1, 0.15) is 117 Å². The monoisotopic (exact) mass is 817 g/mol. The van der Waals surface area contributed by atoms with Crippen molar-refractivity contribution in [3.63, 3.8) is 0 Å². The fourth-order valence-corrected chi connectivity index (χ4v) is 5.50. The molecule has 0 aliphatic heterocycles. The first-order valence-corrected chi connectivity index (χ1v) is 22.1. The number of phosphoric acid groups is 1. The van der Waals surface area contributed by atoms with Gasteiger partial charge in [-0.25, -0.2) is 4.57 Å². The Morgan fingerprint density at radius 3 is 1.93 bits per heavy atom. The second-order valence-corrected chi connectivity index (χ2v) is 14.6. The van der Waals surface area contributed by atoms with E-state index in [2.05, 4.69) is 50.3 Å². The summed E-state index contributed by atoms with van der Waals surface area (Å²) in [4.78, 5) is 34.8. The Balaban J connectivity index is 4.55. The average molecular weight is 818 g/mol. The Bertz CT molecular complexity index is 1330. The molecule has 0 rings (SSSR count). The van der Waals surface area contributed by atoms with Gasteiger partial charge in [0.05, 0.1) is 25.4 Å². The molecule has 12 heteroatoms. The molecule has 0 amide bonds. The standard InChI is InChI=1S/C45H72NO10P/c1-3-5-7-8-9-10-11-12-13-14-15-16-20-23-29-35-44(49)53-39-43(40-55-57(51,52)54-38-37-46)56-45(50)36-30-24-28-34-42(48)33-27-22-19-17-18-21-26-32-41(47)31-25-6-4-2/h6,9-10,12-13,15-16,18-19,21-22,25-28,32-34,41-43,47-48H,3-5,7-8,11,14,17,20,23-24,29-31,35-40,46H2,1-2H3,(H,51,52)/b10-9-,13-12-,16-15-,21-18-,22-19-,25-6-,32-26+,33-27+,34-28-/t41-,42-,43+/m0/s1. The van der Waals surface area contributed by atoms with Crippen LogP contribution in [0.25, 0.3) is 0 Å². The molecule has 0 bridgehead atoms. The van der Waals surface area contributed by atoms with Crippen molar-refractivity contribution in [2.45, 2.75) is 135 Å². The number of phosphoric ester groups is 1. The van der Waals surface area contributed by atoms with E-state index in [4.69, 9.17) is 24.3 Å². The van der Waals surface area contributed by atoms with Gasteiger partial charge in [-0.15, -0.1) is 0 Å². The van der Waals surface area contributed by atoms with Crippen molar-refractivity contribution < 1.29 is 47.8 Å². The topological polar surface area (TPSA) is 175 Å². The highest BCUT2D eigenvalue weighted by Gasteiger charge is 2.25. The summed E-state index contributed by atoms with van der Waals surface area (Å²) in [5.41, 5.74) is 5.32. The van der Waals surface area contributed by atoms with Crippen LogP contribution in [0.15, 0.2) is 109 Å². The number of rotatable bonds is 36. The molecular formula is C45H72NO10P. The smallest absolute Gasteiger partial charge is 0.462 e. The zero-order chi connectivity index (χ0) is 42.1. The van der Waals surface area contributed by atoms with Crippen LogP contribution in [0.2, 0.25) is 0 Å². The number of allylic oxidation sites excluding steroid dienone is 14. The van der Waals surface area contributed by atoms with Crippen molar-refractivity contribution in [3.8, 4) is 0 Å². The molecule has 0 spiro atoms. The summed E-state index contributed by atoms with van der Waals surface area (Å²) < 4.78 is 32.5. The highest BCUT2D eigenvalue weighted by molar-refractivity contribution is 7.47. The summed E-state index contributed by atoms with van der Waals surface area (Å²) in [5, 5.41) is 20.0. The lowest BCUT2D eigenvalue weighted by molar-refractivity contribution is -0.161. The second-order valence-electron chi connectivity index (χ2n) is 13.2. The number of aliphatic hydroxyl groups excluding tert-OH is 2. The van der Waals surface area contributed by atoms with Crippen molar-refractivity contribution in [2.75, 3.05) is 26.4 Å². The van der Waals surface area contributed by atoms with Crippen LogP contribution in [0.4, 0.5) is 0 Å². The number of esters is 2. The van der Waals surface area contributed by atoms with Crippen molar-refractivity contribution in [1.82, 2.24) is 0 Å². The molecule has 322 valence electrons. The Hall–Kier alpha value is -3.41. The highest BCUT2D eigenvalue weighted by Crippen LogP contribution is 2.43.